The van der Waals surface area contributed by atoms with Gasteiger partial charge in [0.15, 0.2) is 0 Å². The highest BCUT2D eigenvalue weighted by atomic mass is 32.2. The topological polar surface area (TPSA) is 79.3 Å². The van der Waals surface area contributed by atoms with E-state index in [0.717, 1.165) is 0 Å². The minimum Gasteiger partial charge on any atom is -0.392 e. The molecule has 0 spiro atoms. The molecule has 0 radical (unpaired) electrons. The average Bonchev–Trinajstić information content (AvgIpc) is 2.27. The summed E-state index contributed by atoms with van der Waals surface area (Å²) in [6.45, 7) is 1.80. The van der Waals surface area contributed by atoms with Crippen molar-refractivity contribution in [2.75, 3.05) is 6.54 Å². The summed E-state index contributed by atoms with van der Waals surface area (Å²) < 4.78 is 25.5. The molecule has 0 aliphatic rings. The Kier molecular flexibility index (Phi) is 4.19. The molecule has 6 heteroatoms. The predicted molar refractivity (Wildman–Crippen MR) is 55.7 cm³/mol. The zero-order valence-corrected chi connectivity index (χ0v) is 9.24. The van der Waals surface area contributed by atoms with Gasteiger partial charge in [-0.1, -0.05) is 6.92 Å². The van der Waals surface area contributed by atoms with Crippen LogP contribution in [0.4, 0.5) is 0 Å². The lowest BCUT2D eigenvalue weighted by atomic mass is 10.3. The molecule has 0 aliphatic carbocycles. The van der Waals surface area contributed by atoms with E-state index < -0.39 is 16.1 Å². The van der Waals surface area contributed by atoms with Gasteiger partial charge in [0.2, 0.25) is 10.0 Å². The molecule has 0 saturated carbocycles. The van der Waals surface area contributed by atoms with E-state index in [-0.39, 0.29) is 11.4 Å². The maximum Gasteiger partial charge on any atom is 0.242 e. The fourth-order valence-corrected chi connectivity index (χ4v) is 1.98. The van der Waals surface area contributed by atoms with E-state index in [1.807, 2.05) is 0 Å². The normalized spacial score (nSPS) is 13.7. The molecule has 5 nitrogen and oxygen atoms in total. The fourth-order valence-electron chi connectivity index (χ4n) is 0.940. The van der Waals surface area contributed by atoms with Gasteiger partial charge in [0, 0.05) is 18.9 Å². The Hall–Kier alpha value is -0.980. The number of hydrogen-bond acceptors (Lipinski definition) is 4. The van der Waals surface area contributed by atoms with E-state index in [0.29, 0.717) is 6.42 Å². The van der Waals surface area contributed by atoms with Crippen LogP contribution in [0.15, 0.2) is 29.4 Å². The van der Waals surface area contributed by atoms with Crippen molar-refractivity contribution in [1.29, 1.82) is 0 Å². The van der Waals surface area contributed by atoms with Crippen molar-refractivity contribution >= 4 is 10.0 Å². The van der Waals surface area contributed by atoms with Crippen LogP contribution < -0.4 is 4.72 Å². The fraction of sp³-hybridized carbons (Fsp3) is 0.444. The third-order valence-electron chi connectivity index (χ3n) is 1.92. The number of pyridine rings is 1. The minimum absolute atomic E-state index is 0.0216. The first kappa shape index (κ1) is 12.1. The van der Waals surface area contributed by atoms with E-state index in [1.165, 1.54) is 18.5 Å². The van der Waals surface area contributed by atoms with Gasteiger partial charge in [-0.05, 0) is 18.6 Å². The number of aliphatic hydroxyl groups excluding tert-OH is 1. The smallest absolute Gasteiger partial charge is 0.242 e. The lowest BCUT2D eigenvalue weighted by Gasteiger charge is -2.09. The molecule has 1 heterocycles. The first-order chi connectivity index (χ1) is 7.06. The Labute approximate surface area is 89.2 Å². The first-order valence-electron chi connectivity index (χ1n) is 4.64. The molecule has 1 aromatic rings. The Bertz CT molecular complexity index is 391. The van der Waals surface area contributed by atoms with Gasteiger partial charge in [0.25, 0.3) is 0 Å². The summed E-state index contributed by atoms with van der Waals surface area (Å²) in [7, 11) is -3.54. The molecule has 84 valence electrons. The SMILES string of the molecule is CCC(O)CNS(=O)(=O)c1cccnc1. The highest BCUT2D eigenvalue weighted by Crippen LogP contribution is 2.05. The summed E-state index contributed by atoms with van der Waals surface area (Å²) in [6, 6.07) is 3.00. The van der Waals surface area contributed by atoms with Gasteiger partial charge >= 0.3 is 0 Å². The Morgan fingerprint density at radius 1 is 1.60 bits per heavy atom. The van der Waals surface area contributed by atoms with Crippen LogP contribution >= 0.6 is 0 Å². The van der Waals surface area contributed by atoms with Crippen molar-refractivity contribution in [3.05, 3.63) is 24.5 Å². The van der Waals surface area contributed by atoms with Gasteiger partial charge in [0.1, 0.15) is 4.90 Å². The van der Waals surface area contributed by atoms with Crippen LogP contribution in [0, 0.1) is 0 Å². The van der Waals surface area contributed by atoms with Gasteiger partial charge in [-0.25, -0.2) is 13.1 Å². The maximum absolute atomic E-state index is 11.6. The zero-order chi connectivity index (χ0) is 11.3. The summed E-state index contributed by atoms with van der Waals surface area (Å²) in [6.07, 6.45) is 2.62. The molecule has 1 atom stereocenters. The molecule has 15 heavy (non-hydrogen) atoms. The van der Waals surface area contributed by atoms with Crippen molar-refractivity contribution in [3.8, 4) is 0 Å². The number of aromatic nitrogens is 1. The third-order valence-corrected chi connectivity index (χ3v) is 3.33. The van der Waals surface area contributed by atoms with E-state index in [4.69, 9.17) is 0 Å². The van der Waals surface area contributed by atoms with E-state index in [2.05, 4.69) is 9.71 Å². The van der Waals surface area contributed by atoms with Gasteiger partial charge in [-0.3, -0.25) is 4.98 Å². The van der Waals surface area contributed by atoms with Gasteiger partial charge in [-0.15, -0.1) is 0 Å². The van der Waals surface area contributed by atoms with Crippen LogP contribution in [0.3, 0.4) is 0 Å². The molecule has 1 unspecified atom stereocenters. The number of nitrogens with zero attached hydrogens (tertiary/aromatic N) is 1. The Morgan fingerprint density at radius 3 is 2.87 bits per heavy atom. The van der Waals surface area contributed by atoms with Crippen molar-refractivity contribution in [2.45, 2.75) is 24.3 Å². The van der Waals surface area contributed by atoms with Crippen LogP contribution in [0.2, 0.25) is 0 Å². The molecule has 0 amide bonds. The van der Waals surface area contributed by atoms with Gasteiger partial charge in [-0.2, -0.15) is 0 Å². The predicted octanol–water partition coefficient (Wildman–Crippen LogP) is 0.131. The number of sulfonamides is 1. The van der Waals surface area contributed by atoms with Crippen LogP contribution in [-0.4, -0.2) is 31.2 Å². The highest BCUT2D eigenvalue weighted by Gasteiger charge is 2.14. The van der Waals surface area contributed by atoms with Crippen molar-refractivity contribution in [3.63, 3.8) is 0 Å². The molecule has 0 saturated heterocycles. The molecule has 0 fully saturated rings. The molecule has 0 bridgehead atoms. The number of rotatable bonds is 5. The molecule has 1 rings (SSSR count). The second-order valence-electron chi connectivity index (χ2n) is 3.10. The number of nitrogens with one attached hydrogen (secondary N) is 1. The number of aliphatic hydroxyl groups is 1. The Balaban J connectivity index is 2.69. The summed E-state index contributed by atoms with van der Waals surface area (Å²) >= 11 is 0. The standard InChI is InChI=1S/C9H14N2O3S/c1-2-8(12)6-11-15(13,14)9-4-3-5-10-7-9/h3-5,7-8,11-12H,2,6H2,1H3. The van der Waals surface area contributed by atoms with Crippen LogP contribution in [0.5, 0.6) is 0 Å². The highest BCUT2D eigenvalue weighted by molar-refractivity contribution is 7.89. The van der Waals surface area contributed by atoms with Crippen molar-refractivity contribution in [2.24, 2.45) is 0 Å². The van der Waals surface area contributed by atoms with E-state index in [1.54, 1.807) is 13.0 Å². The van der Waals surface area contributed by atoms with Crippen LogP contribution in [-0.2, 0) is 10.0 Å². The molecule has 0 aliphatic heterocycles. The maximum atomic E-state index is 11.6. The molecule has 1 aromatic heterocycles. The third kappa shape index (κ3) is 3.58. The van der Waals surface area contributed by atoms with Crippen molar-refractivity contribution in [1.82, 2.24) is 9.71 Å². The van der Waals surface area contributed by atoms with Crippen LogP contribution in [0.1, 0.15) is 13.3 Å². The summed E-state index contributed by atoms with van der Waals surface area (Å²) in [4.78, 5) is 3.82. The summed E-state index contributed by atoms with van der Waals surface area (Å²) in [5, 5.41) is 9.23. The molecule has 0 aromatic carbocycles. The number of hydrogen-bond donors (Lipinski definition) is 2. The first-order valence-corrected chi connectivity index (χ1v) is 6.12. The second-order valence-corrected chi connectivity index (χ2v) is 4.87. The molecular formula is C9H14N2O3S. The Morgan fingerprint density at radius 2 is 2.33 bits per heavy atom. The molecule has 2 N–H and O–H groups in total. The average molecular weight is 230 g/mol. The quantitative estimate of drug-likeness (QED) is 0.753. The summed E-state index contributed by atoms with van der Waals surface area (Å²) in [5.41, 5.74) is 0. The largest absolute Gasteiger partial charge is 0.392 e. The van der Waals surface area contributed by atoms with Crippen LogP contribution in [0.25, 0.3) is 0 Å². The monoisotopic (exact) mass is 230 g/mol. The van der Waals surface area contributed by atoms with Gasteiger partial charge < -0.3 is 5.11 Å². The van der Waals surface area contributed by atoms with E-state index in [9.17, 15) is 13.5 Å². The summed E-state index contributed by atoms with van der Waals surface area (Å²) in [5.74, 6) is 0. The zero-order valence-electron chi connectivity index (χ0n) is 8.42. The lowest BCUT2D eigenvalue weighted by Crippen LogP contribution is -2.31. The van der Waals surface area contributed by atoms with E-state index >= 15 is 0 Å². The lowest BCUT2D eigenvalue weighted by molar-refractivity contribution is 0.174. The molecular weight excluding hydrogens is 216 g/mol. The second kappa shape index (κ2) is 5.20. The van der Waals surface area contributed by atoms with Crippen molar-refractivity contribution < 1.29 is 13.5 Å². The minimum atomic E-state index is -3.54. The van der Waals surface area contributed by atoms with Gasteiger partial charge in [0.05, 0.1) is 6.10 Å².